The molecular formula is C23H19F5N6O2. The molecule has 3 heterocycles. The summed E-state index contributed by atoms with van der Waals surface area (Å²) in [6.45, 7) is 1.87. The van der Waals surface area contributed by atoms with Crippen molar-refractivity contribution in [2.45, 2.75) is 38.5 Å². The van der Waals surface area contributed by atoms with Crippen molar-refractivity contribution >= 4 is 16.5 Å². The van der Waals surface area contributed by atoms with Crippen LogP contribution in [0.2, 0.25) is 0 Å². The summed E-state index contributed by atoms with van der Waals surface area (Å²) in [7, 11) is 0. The molecule has 2 N–H and O–H groups in total. The molecule has 1 aromatic carbocycles. The predicted octanol–water partition coefficient (Wildman–Crippen LogP) is 4.12. The molecule has 4 aromatic rings. The average molecular weight is 506 g/mol. The molecule has 0 aliphatic carbocycles. The van der Waals surface area contributed by atoms with Crippen molar-refractivity contribution in [2.75, 3.05) is 5.32 Å². The van der Waals surface area contributed by atoms with E-state index in [-0.39, 0.29) is 23.3 Å². The molecule has 0 spiro atoms. The van der Waals surface area contributed by atoms with Gasteiger partial charge in [0.15, 0.2) is 11.6 Å². The second-order valence-corrected chi connectivity index (χ2v) is 8.13. The standard InChI is InChI=1S/C23H19F5N6O2/c1-12(32-18-11-31-33-21(35)19(18)23(26,27)28)3-2-5-34-6-4-13-7-16(17(25)8-15(13)22(34)36)20-29-9-14(24)10-30-20/h4,6-12H,2-3,5H2,1H3,(H2,32,33,35). The number of benzene rings is 1. The van der Waals surface area contributed by atoms with Crippen molar-refractivity contribution in [1.82, 2.24) is 24.7 Å². The number of hydrogen-bond acceptors (Lipinski definition) is 6. The first-order valence-corrected chi connectivity index (χ1v) is 10.8. The SMILES string of the molecule is CC(CCCn1ccc2cc(-c3ncc(F)cn3)c(F)cc2c1=O)Nc1cn[nH]c(=O)c1C(F)(F)F. The van der Waals surface area contributed by atoms with E-state index in [9.17, 15) is 31.5 Å². The highest BCUT2D eigenvalue weighted by atomic mass is 19.4. The van der Waals surface area contributed by atoms with E-state index in [1.165, 1.54) is 16.8 Å². The fourth-order valence-corrected chi connectivity index (χ4v) is 3.80. The maximum atomic E-state index is 14.7. The molecule has 0 bridgehead atoms. The van der Waals surface area contributed by atoms with Crippen LogP contribution in [-0.2, 0) is 12.7 Å². The zero-order chi connectivity index (χ0) is 26.0. The highest BCUT2D eigenvalue weighted by molar-refractivity contribution is 5.85. The maximum absolute atomic E-state index is 14.7. The van der Waals surface area contributed by atoms with Crippen molar-refractivity contribution < 1.29 is 22.0 Å². The third kappa shape index (κ3) is 5.24. The zero-order valence-electron chi connectivity index (χ0n) is 18.7. The summed E-state index contributed by atoms with van der Waals surface area (Å²) >= 11 is 0. The van der Waals surface area contributed by atoms with Crippen molar-refractivity contribution in [3.63, 3.8) is 0 Å². The third-order valence-corrected chi connectivity index (χ3v) is 5.50. The van der Waals surface area contributed by atoms with Crippen LogP contribution in [0.25, 0.3) is 22.2 Å². The molecule has 0 aliphatic rings. The summed E-state index contributed by atoms with van der Waals surface area (Å²) in [4.78, 5) is 32.0. The van der Waals surface area contributed by atoms with Crippen LogP contribution in [0.15, 0.2) is 52.6 Å². The number of pyridine rings is 1. The minimum Gasteiger partial charge on any atom is -0.381 e. The smallest absolute Gasteiger partial charge is 0.381 e. The number of nitrogens with zero attached hydrogens (tertiary/aromatic N) is 4. The monoisotopic (exact) mass is 506 g/mol. The number of aromatic nitrogens is 5. The minimum absolute atomic E-state index is 0.0204. The molecule has 13 heteroatoms. The van der Waals surface area contributed by atoms with Crippen molar-refractivity contribution in [3.05, 3.63) is 80.9 Å². The first-order valence-electron chi connectivity index (χ1n) is 10.8. The lowest BCUT2D eigenvalue weighted by molar-refractivity contribution is -0.138. The van der Waals surface area contributed by atoms with Crippen LogP contribution in [0.1, 0.15) is 25.3 Å². The van der Waals surface area contributed by atoms with Gasteiger partial charge in [0, 0.05) is 18.8 Å². The van der Waals surface area contributed by atoms with Crippen molar-refractivity contribution in [1.29, 1.82) is 0 Å². The molecule has 4 rings (SSSR count). The zero-order valence-corrected chi connectivity index (χ0v) is 18.7. The van der Waals surface area contributed by atoms with Crippen LogP contribution in [0.4, 0.5) is 27.6 Å². The summed E-state index contributed by atoms with van der Waals surface area (Å²) in [6.07, 6.45) is 0.166. The highest BCUT2D eigenvalue weighted by Crippen LogP contribution is 2.32. The Bertz CT molecular complexity index is 1520. The number of aromatic amines is 1. The van der Waals surface area contributed by atoms with Gasteiger partial charge in [-0.25, -0.2) is 23.8 Å². The number of aryl methyl sites for hydroxylation is 1. The topological polar surface area (TPSA) is 106 Å². The Labute approximate surface area is 199 Å². The van der Waals surface area contributed by atoms with Gasteiger partial charge in [-0.1, -0.05) is 0 Å². The molecule has 8 nitrogen and oxygen atoms in total. The first-order chi connectivity index (χ1) is 17.0. The maximum Gasteiger partial charge on any atom is 0.423 e. The Morgan fingerprint density at radius 1 is 1.11 bits per heavy atom. The highest BCUT2D eigenvalue weighted by Gasteiger charge is 2.37. The lowest BCUT2D eigenvalue weighted by atomic mass is 10.1. The van der Waals surface area contributed by atoms with Gasteiger partial charge >= 0.3 is 6.18 Å². The van der Waals surface area contributed by atoms with Gasteiger partial charge in [0.1, 0.15) is 11.4 Å². The number of fused-ring (bicyclic) bond motifs is 1. The van der Waals surface area contributed by atoms with Crippen LogP contribution in [0, 0.1) is 11.6 Å². The summed E-state index contributed by atoms with van der Waals surface area (Å²) in [6, 6.07) is 3.62. The van der Waals surface area contributed by atoms with Crippen LogP contribution in [0.5, 0.6) is 0 Å². The lowest BCUT2D eigenvalue weighted by Gasteiger charge is -2.18. The average Bonchev–Trinajstić information content (AvgIpc) is 2.80. The number of rotatable bonds is 7. The van der Waals surface area contributed by atoms with E-state index in [0.29, 0.717) is 18.2 Å². The van der Waals surface area contributed by atoms with Crippen molar-refractivity contribution in [2.24, 2.45) is 0 Å². The largest absolute Gasteiger partial charge is 0.423 e. The second-order valence-electron chi connectivity index (χ2n) is 8.13. The number of alkyl halides is 3. The van der Waals surface area contributed by atoms with Gasteiger partial charge in [0.05, 0.1) is 35.2 Å². The molecule has 36 heavy (non-hydrogen) atoms. The molecular weight excluding hydrogens is 487 g/mol. The molecule has 0 radical (unpaired) electrons. The number of anilines is 1. The number of hydrogen-bond donors (Lipinski definition) is 2. The number of nitrogens with one attached hydrogen (secondary N) is 2. The Morgan fingerprint density at radius 2 is 1.83 bits per heavy atom. The van der Waals surface area contributed by atoms with Crippen LogP contribution in [-0.4, -0.2) is 30.8 Å². The van der Waals surface area contributed by atoms with E-state index in [0.717, 1.165) is 24.7 Å². The second kappa shape index (κ2) is 9.84. The van der Waals surface area contributed by atoms with Gasteiger partial charge in [-0.15, -0.1) is 0 Å². The van der Waals surface area contributed by atoms with Crippen LogP contribution >= 0.6 is 0 Å². The van der Waals surface area contributed by atoms with Crippen molar-refractivity contribution in [3.8, 4) is 11.4 Å². The minimum atomic E-state index is -4.85. The van der Waals surface area contributed by atoms with E-state index in [4.69, 9.17) is 0 Å². The molecule has 1 unspecified atom stereocenters. The fraction of sp³-hybridized carbons (Fsp3) is 0.261. The lowest BCUT2D eigenvalue weighted by Crippen LogP contribution is -2.27. The van der Waals surface area contributed by atoms with Gasteiger partial charge in [-0.05, 0) is 43.4 Å². The third-order valence-electron chi connectivity index (χ3n) is 5.50. The molecule has 0 fully saturated rings. The summed E-state index contributed by atoms with van der Waals surface area (Å²) in [5.41, 5.74) is -3.56. The molecule has 0 saturated carbocycles. The molecule has 0 saturated heterocycles. The molecule has 1 atom stereocenters. The van der Waals surface area contributed by atoms with Gasteiger partial charge in [0.25, 0.3) is 11.1 Å². The fourth-order valence-electron chi connectivity index (χ4n) is 3.80. The normalized spacial score (nSPS) is 12.6. The molecule has 188 valence electrons. The Balaban J connectivity index is 1.47. The summed E-state index contributed by atoms with van der Waals surface area (Å²) < 4.78 is 68.7. The van der Waals surface area contributed by atoms with Gasteiger partial charge in [-0.3, -0.25) is 9.59 Å². The van der Waals surface area contributed by atoms with Crippen LogP contribution < -0.4 is 16.4 Å². The van der Waals surface area contributed by atoms with E-state index >= 15 is 0 Å². The van der Waals surface area contributed by atoms with E-state index < -0.39 is 46.2 Å². The van der Waals surface area contributed by atoms with E-state index in [1.807, 2.05) is 0 Å². The van der Waals surface area contributed by atoms with E-state index in [1.54, 1.807) is 18.1 Å². The molecule has 3 aromatic heterocycles. The number of halogens is 5. The van der Waals surface area contributed by atoms with E-state index in [2.05, 4.69) is 20.4 Å². The Hall–Kier alpha value is -4.16. The summed E-state index contributed by atoms with van der Waals surface area (Å²) in [5.74, 6) is -1.43. The Morgan fingerprint density at radius 3 is 2.53 bits per heavy atom. The first kappa shape index (κ1) is 24.9. The molecule has 0 aliphatic heterocycles. The molecule has 0 amide bonds. The van der Waals surface area contributed by atoms with Gasteiger partial charge in [0.2, 0.25) is 0 Å². The quantitative estimate of drug-likeness (QED) is 0.366. The van der Waals surface area contributed by atoms with Gasteiger partial charge < -0.3 is 9.88 Å². The van der Waals surface area contributed by atoms with Crippen LogP contribution in [0.3, 0.4) is 0 Å². The number of H-pyrrole nitrogens is 1. The predicted molar refractivity (Wildman–Crippen MR) is 121 cm³/mol. The van der Waals surface area contributed by atoms with Gasteiger partial charge in [-0.2, -0.15) is 18.3 Å². The Kier molecular flexibility index (Phi) is 6.82. The summed E-state index contributed by atoms with van der Waals surface area (Å²) in [5, 5.41) is 8.40.